The minimum absolute atomic E-state index is 0.195. The molecule has 2 rings (SSSR count). The molecule has 0 unspecified atom stereocenters. The van der Waals surface area contributed by atoms with Gasteiger partial charge in [-0.25, -0.2) is 4.79 Å². The second-order valence-electron chi connectivity index (χ2n) is 5.82. The first-order valence-electron chi connectivity index (χ1n) is 8.14. The molecule has 6 nitrogen and oxygen atoms in total. The fourth-order valence-electron chi connectivity index (χ4n) is 2.41. The Hall–Kier alpha value is -3.02. The van der Waals surface area contributed by atoms with Gasteiger partial charge < -0.3 is 19.1 Å². The number of hydrogen-bond donors (Lipinski definition) is 0. The highest BCUT2D eigenvalue weighted by Crippen LogP contribution is 2.25. The van der Waals surface area contributed by atoms with Crippen LogP contribution in [0, 0.1) is 6.92 Å². The van der Waals surface area contributed by atoms with Crippen LogP contribution in [0.1, 0.15) is 21.5 Å². The summed E-state index contributed by atoms with van der Waals surface area (Å²) in [7, 11) is 4.51. The van der Waals surface area contributed by atoms with Crippen molar-refractivity contribution in [3.8, 4) is 11.5 Å². The van der Waals surface area contributed by atoms with Crippen molar-refractivity contribution in [2.45, 2.75) is 13.5 Å². The lowest BCUT2D eigenvalue weighted by Gasteiger charge is -2.19. The number of ether oxygens (including phenoxy) is 3. The van der Waals surface area contributed by atoms with E-state index >= 15 is 0 Å². The lowest BCUT2D eigenvalue weighted by atomic mass is 10.1. The van der Waals surface area contributed by atoms with Gasteiger partial charge in [-0.05, 0) is 30.2 Å². The first-order chi connectivity index (χ1) is 12.5. The van der Waals surface area contributed by atoms with Gasteiger partial charge in [0, 0.05) is 19.7 Å². The molecule has 0 aliphatic heterocycles. The van der Waals surface area contributed by atoms with Gasteiger partial charge in [-0.1, -0.05) is 24.3 Å². The summed E-state index contributed by atoms with van der Waals surface area (Å²) in [6, 6.07) is 12.6. The van der Waals surface area contributed by atoms with E-state index in [1.165, 1.54) is 14.2 Å². The van der Waals surface area contributed by atoms with Crippen molar-refractivity contribution >= 4 is 11.9 Å². The van der Waals surface area contributed by atoms with E-state index in [1.807, 2.05) is 31.2 Å². The van der Waals surface area contributed by atoms with Crippen LogP contribution in [-0.4, -0.2) is 44.7 Å². The van der Waals surface area contributed by atoms with Crippen LogP contribution in [0.4, 0.5) is 0 Å². The maximum atomic E-state index is 12.4. The Bertz CT molecular complexity index is 788. The molecule has 0 radical (unpaired) electrons. The fourth-order valence-corrected chi connectivity index (χ4v) is 2.41. The zero-order valence-corrected chi connectivity index (χ0v) is 15.4. The predicted molar refractivity (Wildman–Crippen MR) is 97.5 cm³/mol. The minimum atomic E-state index is -0.539. The molecule has 1 amide bonds. The summed E-state index contributed by atoms with van der Waals surface area (Å²) in [5.74, 6) is 0.0254. The third kappa shape index (κ3) is 4.75. The second-order valence-corrected chi connectivity index (χ2v) is 5.82. The van der Waals surface area contributed by atoms with Gasteiger partial charge in [0.2, 0.25) is 0 Å². The number of likely N-dealkylation sites (N-methyl/N-ethyl adjacent to an activating group) is 1. The van der Waals surface area contributed by atoms with E-state index in [0.29, 0.717) is 12.3 Å². The van der Waals surface area contributed by atoms with Gasteiger partial charge in [0.15, 0.2) is 6.61 Å². The van der Waals surface area contributed by atoms with Gasteiger partial charge in [-0.15, -0.1) is 0 Å². The molecule has 0 heterocycles. The van der Waals surface area contributed by atoms with E-state index in [4.69, 9.17) is 14.2 Å². The Morgan fingerprint density at radius 1 is 1.08 bits per heavy atom. The van der Waals surface area contributed by atoms with Crippen LogP contribution in [-0.2, 0) is 16.1 Å². The predicted octanol–water partition coefficient (Wildman–Crippen LogP) is 2.83. The van der Waals surface area contributed by atoms with E-state index in [9.17, 15) is 9.59 Å². The average molecular weight is 357 g/mol. The van der Waals surface area contributed by atoms with Crippen molar-refractivity contribution < 1.29 is 23.8 Å². The Labute approximate surface area is 153 Å². The quantitative estimate of drug-likeness (QED) is 0.713. The molecule has 0 fully saturated rings. The van der Waals surface area contributed by atoms with E-state index in [1.54, 1.807) is 30.1 Å². The standard InChI is InChI=1S/C20H23NO5/c1-14-7-5-6-8-15(14)12-21(2)19(22)13-26-18-11-16(24-3)9-10-17(18)20(23)25-4/h5-11H,12-13H2,1-4H3. The van der Waals surface area contributed by atoms with Gasteiger partial charge in [-0.2, -0.15) is 0 Å². The SMILES string of the molecule is COC(=O)c1ccc(OC)cc1OCC(=O)N(C)Cc1ccccc1C. The van der Waals surface area contributed by atoms with Crippen molar-refractivity contribution in [3.05, 3.63) is 59.2 Å². The highest BCUT2D eigenvalue weighted by molar-refractivity contribution is 5.92. The van der Waals surface area contributed by atoms with Crippen LogP contribution in [0.25, 0.3) is 0 Å². The molecule has 6 heteroatoms. The smallest absolute Gasteiger partial charge is 0.341 e. The fraction of sp³-hybridized carbons (Fsp3) is 0.300. The molecule has 138 valence electrons. The third-order valence-corrected chi connectivity index (χ3v) is 4.04. The maximum Gasteiger partial charge on any atom is 0.341 e. The lowest BCUT2D eigenvalue weighted by molar-refractivity contribution is -0.132. The number of benzene rings is 2. The highest BCUT2D eigenvalue weighted by atomic mass is 16.5. The van der Waals surface area contributed by atoms with E-state index in [2.05, 4.69) is 0 Å². The largest absolute Gasteiger partial charge is 0.497 e. The summed E-state index contributed by atoms with van der Waals surface area (Å²) >= 11 is 0. The molecule has 0 bridgehead atoms. The van der Waals surface area contributed by atoms with E-state index in [-0.39, 0.29) is 23.8 Å². The number of aryl methyl sites for hydroxylation is 1. The van der Waals surface area contributed by atoms with Gasteiger partial charge >= 0.3 is 5.97 Å². The molecule has 0 spiro atoms. The number of hydrogen-bond acceptors (Lipinski definition) is 5. The first kappa shape index (κ1) is 19.3. The molecule has 0 saturated heterocycles. The number of carbonyl (C=O) groups excluding carboxylic acids is 2. The number of methoxy groups -OCH3 is 2. The van der Waals surface area contributed by atoms with Gasteiger partial charge in [0.25, 0.3) is 5.91 Å². The number of rotatable bonds is 7. The molecule has 0 aliphatic rings. The highest BCUT2D eigenvalue weighted by Gasteiger charge is 2.17. The molecule has 0 atom stereocenters. The molecule has 26 heavy (non-hydrogen) atoms. The monoisotopic (exact) mass is 357 g/mol. The van der Waals surface area contributed by atoms with Crippen LogP contribution in [0.15, 0.2) is 42.5 Å². The molecule has 2 aromatic rings. The number of carbonyl (C=O) groups is 2. The Morgan fingerprint density at radius 2 is 1.81 bits per heavy atom. The lowest BCUT2D eigenvalue weighted by Crippen LogP contribution is -2.31. The van der Waals surface area contributed by atoms with Crippen molar-refractivity contribution in [3.63, 3.8) is 0 Å². The maximum absolute atomic E-state index is 12.4. The normalized spacial score (nSPS) is 10.2. The number of esters is 1. The molecule has 0 saturated carbocycles. The zero-order chi connectivity index (χ0) is 19.1. The van der Waals surface area contributed by atoms with E-state index < -0.39 is 5.97 Å². The van der Waals surface area contributed by atoms with E-state index in [0.717, 1.165) is 11.1 Å². The van der Waals surface area contributed by atoms with Gasteiger partial charge in [0.1, 0.15) is 17.1 Å². The van der Waals surface area contributed by atoms with Crippen LogP contribution in [0.3, 0.4) is 0 Å². The minimum Gasteiger partial charge on any atom is -0.497 e. The Kier molecular flexibility index (Phi) is 6.60. The first-order valence-corrected chi connectivity index (χ1v) is 8.14. The van der Waals surface area contributed by atoms with Gasteiger partial charge in [-0.3, -0.25) is 4.79 Å². The van der Waals surface area contributed by atoms with Crippen LogP contribution < -0.4 is 9.47 Å². The van der Waals surface area contributed by atoms with Crippen LogP contribution in [0.5, 0.6) is 11.5 Å². The average Bonchev–Trinajstić information content (AvgIpc) is 2.66. The third-order valence-electron chi connectivity index (χ3n) is 4.04. The summed E-state index contributed by atoms with van der Waals surface area (Å²) in [5, 5.41) is 0. The van der Waals surface area contributed by atoms with Crippen molar-refractivity contribution in [1.29, 1.82) is 0 Å². The van der Waals surface area contributed by atoms with Crippen molar-refractivity contribution in [1.82, 2.24) is 4.90 Å². The molecular weight excluding hydrogens is 334 g/mol. The summed E-state index contributed by atoms with van der Waals surface area (Å²) < 4.78 is 15.5. The summed E-state index contributed by atoms with van der Waals surface area (Å²) in [5.41, 5.74) is 2.43. The summed E-state index contributed by atoms with van der Waals surface area (Å²) in [4.78, 5) is 25.8. The molecular formula is C20H23NO5. The van der Waals surface area contributed by atoms with Crippen LogP contribution >= 0.6 is 0 Å². The molecule has 0 N–H and O–H groups in total. The topological polar surface area (TPSA) is 65.1 Å². The Morgan fingerprint density at radius 3 is 2.46 bits per heavy atom. The van der Waals surface area contributed by atoms with Crippen molar-refractivity contribution in [2.75, 3.05) is 27.9 Å². The zero-order valence-electron chi connectivity index (χ0n) is 15.4. The Balaban J connectivity index is 2.06. The number of nitrogens with zero attached hydrogens (tertiary/aromatic N) is 1. The van der Waals surface area contributed by atoms with Crippen molar-refractivity contribution in [2.24, 2.45) is 0 Å². The van der Waals surface area contributed by atoms with Crippen LogP contribution in [0.2, 0.25) is 0 Å². The van der Waals surface area contributed by atoms with Gasteiger partial charge in [0.05, 0.1) is 14.2 Å². The summed E-state index contributed by atoms with van der Waals surface area (Å²) in [6.45, 7) is 2.29. The molecule has 2 aromatic carbocycles. The second kappa shape index (κ2) is 8.89. The molecule has 0 aromatic heterocycles. The number of amides is 1. The molecule has 0 aliphatic carbocycles. The summed E-state index contributed by atoms with van der Waals surface area (Å²) in [6.07, 6.45) is 0.